The fraction of sp³-hybridized carbons (Fsp3) is 0.0625. The quantitative estimate of drug-likeness (QED) is 0.568. The van der Waals surface area contributed by atoms with Gasteiger partial charge in [-0.05, 0) is 16.3 Å². The standard InChI is InChI=1S/C16H12N2O3S/c19-13-8-17-16(18-14(13)15(20)21)22-9-10-5-6-11-3-1-2-4-12(11)7-10/h1-8,19H,9H2,(H,20,21). The van der Waals surface area contributed by atoms with Crippen molar-refractivity contribution < 1.29 is 15.0 Å². The van der Waals surface area contributed by atoms with Crippen LogP contribution < -0.4 is 0 Å². The monoisotopic (exact) mass is 312 g/mol. The number of thioether (sulfide) groups is 1. The van der Waals surface area contributed by atoms with Crippen LogP contribution in [0.4, 0.5) is 0 Å². The van der Waals surface area contributed by atoms with Crippen molar-refractivity contribution in [2.24, 2.45) is 0 Å². The fourth-order valence-corrected chi connectivity index (χ4v) is 2.82. The Bertz CT molecular complexity index is 852. The van der Waals surface area contributed by atoms with Crippen LogP contribution in [-0.4, -0.2) is 26.2 Å². The number of aromatic nitrogens is 2. The Morgan fingerprint density at radius 2 is 1.91 bits per heavy atom. The third kappa shape index (κ3) is 3.01. The third-order valence-corrected chi connectivity index (χ3v) is 4.06. The van der Waals surface area contributed by atoms with E-state index in [1.807, 2.05) is 30.3 Å². The molecule has 3 rings (SSSR count). The molecule has 0 unspecified atom stereocenters. The summed E-state index contributed by atoms with van der Waals surface area (Å²) in [4.78, 5) is 18.7. The topological polar surface area (TPSA) is 83.3 Å². The zero-order valence-corrected chi connectivity index (χ0v) is 12.2. The first-order chi connectivity index (χ1) is 10.6. The molecule has 0 aliphatic rings. The normalized spacial score (nSPS) is 10.7. The molecule has 0 amide bonds. The zero-order valence-electron chi connectivity index (χ0n) is 11.4. The van der Waals surface area contributed by atoms with Gasteiger partial charge in [0.25, 0.3) is 0 Å². The van der Waals surface area contributed by atoms with E-state index in [2.05, 4.69) is 22.1 Å². The molecule has 0 spiro atoms. The molecule has 0 aliphatic heterocycles. The molecule has 5 nitrogen and oxygen atoms in total. The van der Waals surface area contributed by atoms with Crippen molar-refractivity contribution in [2.45, 2.75) is 10.9 Å². The van der Waals surface area contributed by atoms with Gasteiger partial charge in [-0.1, -0.05) is 54.2 Å². The van der Waals surface area contributed by atoms with E-state index in [1.54, 1.807) is 0 Å². The van der Waals surface area contributed by atoms with Crippen molar-refractivity contribution in [2.75, 3.05) is 0 Å². The summed E-state index contributed by atoms with van der Waals surface area (Å²) in [5, 5.41) is 21.0. The van der Waals surface area contributed by atoms with Crippen LogP contribution in [0, 0.1) is 0 Å². The highest BCUT2D eigenvalue weighted by Crippen LogP contribution is 2.24. The number of fused-ring (bicyclic) bond motifs is 1. The second kappa shape index (κ2) is 6.03. The van der Waals surface area contributed by atoms with E-state index in [-0.39, 0.29) is 5.69 Å². The van der Waals surface area contributed by atoms with Gasteiger partial charge in [0.2, 0.25) is 0 Å². The lowest BCUT2D eigenvalue weighted by atomic mass is 10.1. The Labute approximate surface area is 130 Å². The molecule has 0 fully saturated rings. The van der Waals surface area contributed by atoms with Gasteiger partial charge in [-0.2, -0.15) is 0 Å². The van der Waals surface area contributed by atoms with Crippen molar-refractivity contribution in [3.8, 4) is 5.75 Å². The maximum absolute atomic E-state index is 10.9. The first-order valence-electron chi connectivity index (χ1n) is 6.53. The summed E-state index contributed by atoms with van der Waals surface area (Å²) in [7, 11) is 0. The highest BCUT2D eigenvalue weighted by atomic mass is 32.2. The number of carboxylic acids is 1. The molecule has 0 atom stereocenters. The molecule has 2 N–H and O–H groups in total. The van der Waals surface area contributed by atoms with Crippen LogP contribution in [0.3, 0.4) is 0 Å². The minimum atomic E-state index is -1.27. The van der Waals surface area contributed by atoms with Gasteiger partial charge >= 0.3 is 5.97 Å². The Morgan fingerprint density at radius 3 is 2.68 bits per heavy atom. The van der Waals surface area contributed by atoms with E-state index in [0.29, 0.717) is 10.9 Å². The van der Waals surface area contributed by atoms with Crippen molar-refractivity contribution >= 4 is 28.5 Å². The van der Waals surface area contributed by atoms with Crippen molar-refractivity contribution in [3.63, 3.8) is 0 Å². The maximum atomic E-state index is 10.9. The number of hydrogen-bond donors (Lipinski definition) is 2. The third-order valence-electron chi connectivity index (χ3n) is 3.13. The number of carboxylic acid groups (broad SMARTS) is 1. The smallest absolute Gasteiger partial charge is 0.358 e. The highest BCUT2D eigenvalue weighted by Gasteiger charge is 2.13. The summed E-state index contributed by atoms with van der Waals surface area (Å²) < 4.78 is 0. The van der Waals surface area contributed by atoms with Crippen LogP contribution in [0.25, 0.3) is 10.8 Å². The summed E-state index contributed by atoms with van der Waals surface area (Å²) in [6, 6.07) is 14.2. The largest absolute Gasteiger partial charge is 0.504 e. The number of carbonyl (C=O) groups is 1. The van der Waals surface area contributed by atoms with E-state index < -0.39 is 11.7 Å². The average Bonchev–Trinajstić information content (AvgIpc) is 2.53. The predicted molar refractivity (Wildman–Crippen MR) is 84.2 cm³/mol. The Hall–Kier alpha value is -2.60. The Kier molecular flexibility index (Phi) is 3.93. The first-order valence-corrected chi connectivity index (χ1v) is 7.52. The molecule has 0 bridgehead atoms. The van der Waals surface area contributed by atoms with E-state index in [9.17, 15) is 9.90 Å². The molecule has 3 aromatic rings. The lowest BCUT2D eigenvalue weighted by molar-refractivity contribution is 0.0685. The van der Waals surface area contributed by atoms with Gasteiger partial charge in [0, 0.05) is 5.75 Å². The maximum Gasteiger partial charge on any atom is 0.358 e. The van der Waals surface area contributed by atoms with Crippen LogP contribution in [0.5, 0.6) is 5.75 Å². The first kappa shape index (κ1) is 14.3. The molecule has 110 valence electrons. The van der Waals surface area contributed by atoms with Gasteiger partial charge < -0.3 is 10.2 Å². The SMILES string of the molecule is O=C(O)c1nc(SCc2ccc3ccccc3c2)ncc1O. The molecule has 22 heavy (non-hydrogen) atoms. The molecule has 0 saturated heterocycles. The van der Waals surface area contributed by atoms with E-state index in [4.69, 9.17) is 5.11 Å². The Balaban J connectivity index is 1.79. The molecule has 0 radical (unpaired) electrons. The molecular formula is C16H12N2O3S. The van der Waals surface area contributed by atoms with Gasteiger partial charge in [0.15, 0.2) is 16.6 Å². The summed E-state index contributed by atoms with van der Waals surface area (Å²) in [5.74, 6) is -1.08. The second-order valence-corrected chi connectivity index (χ2v) is 5.60. The van der Waals surface area contributed by atoms with Gasteiger partial charge in [0.1, 0.15) is 0 Å². The molecule has 6 heteroatoms. The van der Waals surface area contributed by atoms with Crippen LogP contribution in [-0.2, 0) is 5.75 Å². The molecule has 0 aliphatic carbocycles. The summed E-state index contributed by atoms with van der Waals surface area (Å²) in [6.45, 7) is 0. The van der Waals surface area contributed by atoms with Gasteiger partial charge in [-0.3, -0.25) is 0 Å². The summed E-state index contributed by atoms with van der Waals surface area (Å²) in [5.41, 5.74) is 0.716. The number of benzene rings is 2. The molecule has 2 aromatic carbocycles. The fourth-order valence-electron chi connectivity index (χ4n) is 2.06. The number of aromatic hydroxyl groups is 1. The average molecular weight is 312 g/mol. The lowest BCUT2D eigenvalue weighted by Gasteiger charge is -2.04. The van der Waals surface area contributed by atoms with Gasteiger partial charge in [-0.15, -0.1) is 0 Å². The van der Waals surface area contributed by atoms with E-state index >= 15 is 0 Å². The minimum Gasteiger partial charge on any atom is -0.504 e. The number of aromatic carboxylic acids is 1. The number of nitrogens with zero attached hydrogens (tertiary/aromatic N) is 2. The second-order valence-electron chi connectivity index (χ2n) is 4.66. The van der Waals surface area contributed by atoms with E-state index in [1.165, 1.54) is 17.1 Å². The Morgan fingerprint density at radius 1 is 1.14 bits per heavy atom. The molecule has 1 heterocycles. The summed E-state index contributed by atoms with van der Waals surface area (Å²) in [6.07, 6.45) is 1.11. The van der Waals surface area contributed by atoms with Crippen LogP contribution in [0.2, 0.25) is 0 Å². The van der Waals surface area contributed by atoms with Gasteiger partial charge in [0.05, 0.1) is 6.20 Å². The van der Waals surface area contributed by atoms with E-state index in [0.717, 1.165) is 17.1 Å². The van der Waals surface area contributed by atoms with Crippen molar-refractivity contribution in [1.29, 1.82) is 0 Å². The molecule has 0 saturated carbocycles. The minimum absolute atomic E-state index is 0.323. The van der Waals surface area contributed by atoms with Gasteiger partial charge in [-0.25, -0.2) is 14.8 Å². The van der Waals surface area contributed by atoms with Crippen LogP contribution in [0.15, 0.2) is 53.8 Å². The molecular weight excluding hydrogens is 300 g/mol. The highest BCUT2D eigenvalue weighted by molar-refractivity contribution is 7.98. The molecule has 1 aromatic heterocycles. The van der Waals surface area contributed by atoms with Crippen molar-refractivity contribution in [3.05, 3.63) is 59.9 Å². The predicted octanol–water partition coefficient (Wildman–Crippen LogP) is 3.33. The van der Waals surface area contributed by atoms with Crippen LogP contribution in [0.1, 0.15) is 16.1 Å². The number of rotatable bonds is 4. The number of hydrogen-bond acceptors (Lipinski definition) is 5. The van der Waals surface area contributed by atoms with Crippen molar-refractivity contribution in [1.82, 2.24) is 9.97 Å². The van der Waals surface area contributed by atoms with Crippen LogP contribution >= 0.6 is 11.8 Å². The zero-order chi connectivity index (χ0) is 15.5. The lowest BCUT2D eigenvalue weighted by Crippen LogP contribution is -2.02. The summed E-state index contributed by atoms with van der Waals surface area (Å²) >= 11 is 1.33.